The van der Waals surface area contributed by atoms with Gasteiger partial charge in [-0.2, -0.15) is 10.2 Å². The summed E-state index contributed by atoms with van der Waals surface area (Å²) in [4.78, 5) is 0. The van der Waals surface area contributed by atoms with Crippen LogP contribution in [0.1, 0.15) is 18.5 Å². The minimum absolute atomic E-state index is 0.792. The molecule has 0 aliphatic heterocycles. The minimum atomic E-state index is 0.792. The van der Waals surface area contributed by atoms with Gasteiger partial charge in [-0.15, -0.1) is 0 Å². The number of aromatic nitrogens is 2. The molecule has 1 aromatic heterocycles. The van der Waals surface area contributed by atoms with Crippen molar-refractivity contribution in [2.75, 3.05) is 20.3 Å². The Labute approximate surface area is 84.7 Å². The van der Waals surface area contributed by atoms with E-state index in [1.165, 1.54) is 0 Å². The summed E-state index contributed by atoms with van der Waals surface area (Å²) in [6, 6.07) is 3.87. The molecule has 0 aliphatic carbocycles. The molecule has 0 saturated heterocycles. The molecule has 0 aliphatic rings. The first-order valence-electron chi connectivity index (χ1n) is 4.89. The number of nitrogens with one attached hydrogen (secondary N) is 1. The summed E-state index contributed by atoms with van der Waals surface area (Å²) in [6.07, 6.45) is 3.92. The predicted molar refractivity (Wildman–Crippen MR) is 54.8 cm³/mol. The first kappa shape index (κ1) is 11.1. The van der Waals surface area contributed by atoms with Crippen LogP contribution in [0.25, 0.3) is 0 Å². The van der Waals surface area contributed by atoms with E-state index in [-0.39, 0.29) is 0 Å². The van der Waals surface area contributed by atoms with E-state index in [4.69, 9.17) is 4.74 Å². The third-order valence-electron chi connectivity index (χ3n) is 1.89. The highest BCUT2D eigenvalue weighted by molar-refractivity contribution is 4.98. The van der Waals surface area contributed by atoms with Crippen LogP contribution in [0.2, 0.25) is 0 Å². The van der Waals surface area contributed by atoms with E-state index in [2.05, 4.69) is 15.5 Å². The Morgan fingerprint density at radius 3 is 3.07 bits per heavy atom. The normalized spacial score (nSPS) is 10.4. The summed E-state index contributed by atoms with van der Waals surface area (Å²) in [7, 11) is 1.73. The van der Waals surface area contributed by atoms with Gasteiger partial charge in [0, 0.05) is 26.5 Å². The van der Waals surface area contributed by atoms with Crippen LogP contribution in [-0.2, 0) is 11.3 Å². The van der Waals surface area contributed by atoms with Crippen molar-refractivity contribution in [1.29, 1.82) is 0 Å². The summed E-state index contributed by atoms with van der Waals surface area (Å²) in [5, 5.41) is 11.1. The molecule has 0 fully saturated rings. The van der Waals surface area contributed by atoms with Crippen LogP contribution in [-0.4, -0.2) is 30.5 Å². The van der Waals surface area contributed by atoms with Gasteiger partial charge in [-0.1, -0.05) is 0 Å². The van der Waals surface area contributed by atoms with E-state index in [1.54, 1.807) is 13.3 Å². The fourth-order valence-corrected chi connectivity index (χ4v) is 1.14. The summed E-state index contributed by atoms with van der Waals surface area (Å²) < 4.78 is 4.96. The Morgan fingerprint density at radius 2 is 2.36 bits per heavy atom. The lowest BCUT2D eigenvalue weighted by atomic mass is 10.3. The largest absolute Gasteiger partial charge is 0.385 e. The maximum atomic E-state index is 4.96. The van der Waals surface area contributed by atoms with Gasteiger partial charge in [0.05, 0.1) is 5.69 Å². The van der Waals surface area contributed by atoms with Crippen LogP contribution in [0.3, 0.4) is 0 Å². The Morgan fingerprint density at radius 1 is 1.43 bits per heavy atom. The molecule has 1 rings (SSSR count). The predicted octanol–water partition coefficient (Wildman–Crippen LogP) is 0.993. The second kappa shape index (κ2) is 7.41. The lowest BCUT2D eigenvalue weighted by Crippen LogP contribution is -2.16. The molecule has 78 valence electrons. The van der Waals surface area contributed by atoms with Crippen molar-refractivity contribution in [3.05, 3.63) is 24.0 Å². The molecule has 4 nitrogen and oxygen atoms in total. The minimum Gasteiger partial charge on any atom is -0.385 e. The molecule has 0 unspecified atom stereocenters. The van der Waals surface area contributed by atoms with Gasteiger partial charge in [-0.05, 0) is 31.5 Å². The van der Waals surface area contributed by atoms with Gasteiger partial charge >= 0.3 is 0 Å². The SMILES string of the molecule is COCCCCNCc1cccnn1. The first-order chi connectivity index (χ1) is 6.93. The third kappa shape index (κ3) is 4.89. The second-order valence-corrected chi connectivity index (χ2v) is 3.09. The molecular formula is C10H17N3O. The number of hydrogen-bond donors (Lipinski definition) is 1. The quantitative estimate of drug-likeness (QED) is 0.659. The van der Waals surface area contributed by atoms with Gasteiger partial charge in [0.15, 0.2) is 0 Å². The lowest BCUT2D eigenvalue weighted by Gasteiger charge is -2.02. The molecule has 0 spiro atoms. The van der Waals surface area contributed by atoms with Crippen molar-refractivity contribution in [2.45, 2.75) is 19.4 Å². The molecule has 0 atom stereocenters. The average Bonchev–Trinajstić information content (AvgIpc) is 2.25. The topological polar surface area (TPSA) is 47.0 Å². The standard InChI is InChI=1S/C10H17N3O/c1-14-8-3-2-6-11-9-10-5-4-7-12-13-10/h4-5,7,11H,2-3,6,8-9H2,1H3. The van der Waals surface area contributed by atoms with Crippen LogP contribution in [0, 0.1) is 0 Å². The summed E-state index contributed by atoms with van der Waals surface area (Å²) >= 11 is 0. The number of methoxy groups -OCH3 is 1. The maximum Gasteiger partial charge on any atom is 0.0768 e. The Balaban J connectivity index is 1.99. The summed E-state index contributed by atoms with van der Waals surface area (Å²) in [6.45, 7) is 2.63. The molecule has 1 aromatic rings. The van der Waals surface area contributed by atoms with Crippen LogP contribution < -0.4 is 5.32 Å². The zero-order valence-corrected chi connectivity index (χ0v) is 8.57. The molecule has 0 aromatic carbocycles. The van der Waals surface area contributed by atoms with Gasteiger partial charge in [-0.25, -0.2) is 0 Å². The van der Waals surface area contributed by atoms with Gasteiger partial charge in [0.1, 0.15) is 0 Å². The molecule has 0 radical (unpaired) electrons. The average molecular weight is 195 g/mol. The van der Waals surface area contributed by atoms with E-state index in [9.17, 15) is 0 Å². The molecule has 0 saturated carbocycles. The van der Waals surface area contributed by atoms with E-state index >= 15 is 0 Å². The van der Waals surface area contributed by atoms with E-state index in [0.717, 1.165) is 38.2 Å². The molecule has 14 heavy (non-hydrogen) atoms. The monoisotopic (exact) mass is 195 g/mol. The van der Waals surface area contributed by atoms with Crippen molar-refractivity contribution < 1.29 is 4.74 Å². The van der Waals surface area contributed by atoms with Crippen LogP contribution >= 0.6 is 0 Å². The third-order valence-corrected chi connectivity index (χ3v) is 1.89. The van der Waals surface area contributed by atoms with Gasteiger partial charge < -0.3 is 10.1 Å². The summed E-state index contributed by atoms with van der Waals surface area (Å²) in [5.74, 6) is 0. The van der Waals surface area contributed by atoms with Gasteiger partial charge in [0.2, 0.25) is 0 Å². The maximum absolute atomic E-state index is 4.96. The second-order valence-electron chi connectivity index (χ2n) is 3.09. The fraction of sp³-hybridized carbons (Fsp3) is 0.600. The number of nitrogens with zero attached hydrogens (tertiary/aromatic N) is 2. The highest BCUT2D eigenvalue weighted by Gasteiger charge is 1.92. The number of unbranched alkanes of at least 4 members (excludes halogenated alkanes) is 1. The van der Waals surface area contributed by atoms with Crippen LogP contribution in [0.4, 0.5) is 0 Å². The number of ether oxygens (including phenoxy) is 1. The zero-order valence-electron chi connectivity index (χ0n) is 8.57. The molecule has 1 N–H and O–H groups in total. The van der Waals surface area contributed by atoms with E-state index in [0.29, 0.717) is 0 Å². The lowest BCUT2D eigenvalue weighted by molar-refractivity contribution is 0.192. The Hall–Kier alpha value is -1.00. The van der Waals surface area contributed by atoms with Gasteiger partial charge in [0.25, 0.3) is 0 Å². The van der Waals surface area contributed by atoms with E-state index in [1.807, 2.05) is 12.1 Å². The Kier molecular flexibility index (Phi) is 5.86. The molecule has 0 bridgehead atoms. The van der Waals surface area contributed by atoms with Crippen LogP contribution in [0.15, 0.2) is 18.3 Å². The van der Waals surface area contributed by atoms with Crippen molar-refractivity contribution in [3.63, 3.8) is 0 Å². The molecule has 4 heteroatoms. The summed E-state index contributed by atoms with van der Waals surface area (Å²) in [5.41, 5.74) is 0.985. The molecule has 1 heterocycles. The van der Waals surface area contributed by atoms with Crippen molar-refractivity contribution in [1.82, 2.24) is 15.5 Å². The number of rotatable bonds is 7. The number of hydrogen-bond acceptors (Lipinski definition) is 4. The molecular weight excluding hydrogens is 178 g/mol. The smallest absolute Gasteiger partial charge is 0.0768 e. The van der Waals surface area contributed by atoms with Crippen molar-refractivity contribution in [3.8, 4) is 0 Å². The molecule has 0 amide bonds. The fourth-order valence-electron chi connectivity index (χ4n) is 1.14. The Bertz CT molecular complexity index is 228. The zero-order chi connectivity index (χ0) is 10.1. The van der Waals surface area contributed by atoms with Crippen LogP contribution in [0.5, 0.6) is 0 Å². The van der Waals surface area contributed by atoms with Crippen molar-refractivity contribution in [2.24, 2.45) is 0 Å². The highest BCUT2D eigenvalue weighted by Crippen LogP contribution is 1.91. The van der Waals surface area contributed by atoms with E-state index < -0.39 is 0 Å². The first-order valence-corrected chi connectivity index (χ1v) is 4.89. The van der Waals surface area contributed by atoms with Gasteiger partial charge in [-0.3, -0.25) is 0 Å². The van der Waals surface area contributed by atoms with Crippen molar-refractivity contribution >= 4 is 0 Å². The highest BCUT2D eigenvalue weighted by atomic mass is 16.5.